The molecule has 2 aromatic heterocycles. The third-order valence-electron chi connectivity index (χ3n) is 7.64. The van der Waals surface area contributed by atoms with Gasteiger partial charge in [0.2, 0.25) is 5.91 Å². The van der Waals surface area contributed by atoms with Gasteiger partial charge >= 0.3 is 0 Å². The molecular weight excluding hydrogens is 544 g/mol. The highest BCUT2D eigenvalue weighted by Gasteiger charge is 2.30. The Morgan fingerprint density at radius 1 is 1.12 bits per heavy atom. The summed E-state index contributed by atoms with van der Waals surface area (Å²) in [6.07, 6.45) is 3.17. The highest BCUT2D eigenvalue weighted by Crippen LogP contribution is 2.30. The van der Waals surface area contributed by atoms with E-state index >= 15 is 0 Å². The molecule has 214 valence electrons. The molecule has 0 radical (unpaired) electrons. The van der Waals surface area contributed by atoms with Crippen molar-refractivity contribution in [1.29, 1.82) is 5.26 Å². The average molecular weight is 573 g/mol. The van der Waals surface area contributed by atoms with Gasteiger partial charge in [-0.15, -0.1) is 0 Å². The standard InChI is InChI=1S/C32H28N8O3/c1-3-30(42)40-13-12-39(19-23(40)10-11-33)29-17-27(32(43)36-26-16-24(41)14-20-6-4-5-7-25(20)26)35-31(37-29)21-8-9-22-18-34-38(2)28(22)15-21/h3-9,14-18,23,41H,1,10,12-13,19H2,2H3,(H,36,43)/t23-/m0/s1. The monoisotopic (exact) mass is 572 g/mol. The summed E-state index contributed by atoms with van der Waals surface area (Å²) in [6.45, 7) is 4.75. The number of carbonyl (C=O) groups excluding carboxylic acids is 2. The number of nitriles is 1. The summed E-state index contributed by atoms with van der Waals surface area (Å²) in [6, 6.07) is 19.7. The van der Waals surface area contributed by atoms with Crippen molar-refractivity contribution in [2.45, 2.75) is 12.5 Å². The maximum Gasteiger partial charge on any atom is 0.274 e. The van der Waals surface area contributed by atoms with Crippen LogP contribution in [0.25, 0.3) is 33.1 Å². The van der Waals surface area contributed by atoms with Crippen LogP contribution in [-0.4, -0.2) is 67.2 Å². The second-order valence-electron chi connectivity index (χ2n) is 10.3. The molecule has 3 heterocycles. The molecule has 1 saturated heterocycles. The fraction of sp³-hybridized carbons (Fsp3) is 0.188. The summed E-state index contributed by atoms with van der Waals surface area (Å²) in [5.41, 5.74) is 2.15. The second kappa shape index (κ2) is 11.3. The molecule has 1 aliphatic heterocycles. The highest BCUT2D eigenvalue weighted by atomic mass is 16.3. The van der Waals surface area contributed by atoms with Crippen molar-refractivity contribution in [2.75, 3.05) is 29.9 Å². The van der Waals surface area contributed by atoms with Gasteiger partial charge in [-0.2, -0.15) is 10.4 Å². The van der Waals surface area contributed by atoms with Gasteiger partial charge in [0, 0.05) is 55.2 Å². The SMILES string of the molecule is C=CC(=O)N1CCN(c2cc(C(=O)Nc3cc(O)cc4ccccc34)nc(-c3ccc4cnn(C)c4c3)n2)C[C@@H]1CC#N. The molecule has 43 heavy (non-hydrogen) atoms. The van der Waals surface area contributed by atoms with E-state index in [1.807, 2.05) is 54.4 Å². The third kappa shape index (κ3) is 5.34. The number of piperazine rings is 1. The first-order valence-corrected chi connectivity index (χ1v) is 13.7. The Bertz CT molecular complexity index is 1940. The van der Waals surface area contributed by atoms with Crippen LogP contribution in [0.15, 0.2) is 79.5 Å². The van der Waals surface area contributed by atoms with E-state index in [-0.39, 0.29) is 29.8 Å². The lowest BCUT2D eigenvalue weighted by Crippen LogP contribution is -2.55. The lowest BCUT2D eigenvalue weighted by molar-refractivity contribution is -0.128. The van der Waals surface area contributed by atoms with Crippen LogP contribution >= 0.6 is 0 Å². The van der Waals surface area contributed by atoms with Gasteiger partial charge in [-0.3, -0.25) is 14.3 Å². The lowest BCUT2D eigenvalue weighted by Gasteiger charge is -2.40. The van der Waals surface area contributed by atoms with Gasteiger partial charge < -0.3 is 20.2 Å². The number of nitrogens with zero attached hydrogens (tertiary/aromatic N) is 7. The molecule has 2 amide bonds. The molecule has 1 fully saturated rings. The van der Waals surface area contributed by atoms with Crippen LogP contribution in [0, 0.1) is 11.3 Å². The lowest BCUT2D eigenvalue weighted by atomic mass is 10.1. The smallest absolute Gasteiger partial charge is 0.274 e. The summed E-state index contributed by atoms with van der Waals surface area (Å²) in [5, 5.41) is 29.5. The van der Waals surface area contributed by atoms with Gasteiger partial charge in [0.25, 0.3) is 5.91 Å². The number of phenolic OH excluding ortho intramolecular Hbond substituents is 1. The van der Waals surface area contributed by atoms with E-state index in [0.717, 1.165) is 21.7 Å². The first-order chi connectivity index (χ1) is 20.8. The number of hydrogen-bond acceptors (Lipinski definition) is 8. The number of phenols is 1. The Balaban J connectivity index is 1.41. The third-order valence-corrected chi connectivity index (χ3v) is 7.64. The minimum absolute atomic E-state index is 0.0259. The predicted molar refractivity (Wildman–Crippen MR) is 163 cm³/mol. The molecule has 2 N–H and O–H groups in total. The first-order valence-electron chi connectivity index (χ1n) is 13.7. The number of aryl methyl sites for hydroxylation is 1. The Morgan fingerprint density at radius 2 is 1.95 bits per heavy atom. The van der Waals surface area contributed by atoms with E-state index in [4.69, 9.17) is 4.98 Å². The molecule has 5 aromatic rings. The highest BCUT2D eigenvalue weighted by molar-refractivity contribution is 6.09. The quantitative estimate of drug-likeness (QED) is 0.288. The van der Waals surface area contributed by atoms with Gasteiger partial charge in [-0.05, 0) is 23.6 Å². The van der Waals surface area contributed by atoms with Crippen LogP contribution in [-0.2, 0) is 11.8 Å². The van der Waals surface area contributed by atoms with E-state index in [2.05, 4.69) is 28.0 Å². The van der Waals surface area contributed by atoms with Gasteiger partial charge in [0.15, 0.2) is 5.82 Å². The molecule has 11 nitrogen and oxygen atoms in total. The van der Waals surface area contributed by atoms with Crippen LogP contribution in [0.5, 0.6) is 5.75 Å². The number of aromatic hydroxyl groups is 1. The molecule has 6 rings (SSSR count). The summed E-state index contributed by atoms with van der Waals surface area (Å²) >= 11 is 0. The number of hydrogen-bond donors (Lipinski definition) is 2. The Morgan fingerprint density at radius 3 is 2.77 bits per heavy atom. The van der Waals surface area contributed by atoms with Crippen molar-refractivity contribution >= 4 is 45.0 Å². The maximum atomic E-state index is 13.7. The van der Waals surface area contributed by atoms with Crippen LogP contribution in [0.4, 0.5) is 11.5 Å². The normalized spacial score (nSPS) is 14.9. The van der Waals surface area contributed by atoms with Crippen LogP contribution in [0.1, 0.15) is 16.9 Å². The van der Waals surface area contributed by atoms with Crippen LogP contribution < -0.4 is 10.2 Å². The number of fused-ring (bicyclic) bond motifs is 2. The Hall–Kier alpha value is -5.76. The number of amides is 2. The number of anilines is 2. The van der Waals surface area contributed by atoms with Crippen molar-refractivity contribution in [3.8, 4) is 23.2 Å². The van der Waals surface area contributed by atoms with E-state index in [1.54, 1.807) is 27.9 Å². The number of rotatable bonds is 6. The molecule has 1 atom stereocenters. The van der Waals surface area contributed by atoms with Gasteiger partial charge in [-0.25, -0.2) is 9.97 Å². The molecular formula is C32H28N8O3. The largest absolute Gasteiger partial charge is 0.508 e. The molecule has 0 saturated carbocycles. The van der Waals surface area contributed by atoms with E-state index in [0.29, 0.717) is 42.5 Å². The zero-order chi connectivity index (χ0) is 30.1. The number of aromatic nitrogens is 4. The van der Waals surface area contributed by atoms with E-state index in [9.17, 15) is 20.0 Å². The molecule has 0 unspecified atom stereocenters. The van der Waals surface area contributed by atoms with Crippen molar-refractivity contribution in [1.82, 2.24) is 24.6 Å². The number of benzene rings is 3. The Labute approximate surface area is 247 Å². The number of nitrogens with one attached hydrogen (secondary N) is 1. The summed E-state index contributed by atoms with van der Waals surface area (Å²) in [7, 11) is 1.85. The average Bonchev–Trinajstić information content (AvgIpc) is 3.40. The fourth-order valence-electron chi connectivity index (χ4n) is 5.46. The van der Waals surface area contributed by atoms with Crippen molar-refractivity contribution < 1.29 is 14.7 Å². The molecule has 1 aliphatic rings. The minimum atomic E-state index is -0.476. The van der Waals surface area contributed by atoms with Crippen LogP contribution in [0.2, 0.25) is 0 Å². The zero-order valence-corrected chi connectivity index (χ0v) is 23.4. The molecule has 3 aromatic carbocycles. The van der Waals surface area contributed by atoms with Gasteiger partial charge in [-0.1, -0.05) is 43.0 Å². The zero-order valence-electron chi connectivity index (χ0n) is 23.4. The molecule has 0 aliphatic carbocycles. The summed E-state index contributed by atoms with van der Waals surface area (Å²) in [5.74, 6) is 0.156. The maximum absolute atomic E-state index is 13.7. The van der Waals surface area contributed by atoms with Crippen molar-refractivity contribution in [3.63, 3.8) is 0 Å². The molecule has 0 bridgehead atoms. The molecule has 0 spiro atoms. The first kappa shape index (κ1) is 27.4. The van der Waals surface area contributed by atoms with E-state index in [1.165, 1.54) is 12.1 Å². The summed E-state index contributed by atoms with van der Waals surface area (Å²) < 4.78 is 1.76. The van der Waals surface area contributed by atoms with E-state index < -0.39 is 5.91 Å². The Kier molecular flexibility index (Phi) is 7.17. The van der Waals surface area contributed by atoms with Crippen molar-refractivity contribution in [3.05, 3.63) is 85.2 Å². The second-order valence-corrected chi connectivity index (χ2v) is 10.3. The topological polar surface area (TPSA) is 140 Å². The molecule has 11 heteroatoms. The van der Waals surface area contributed by atoms with Crippen molar-refractivity contribution in [2.24, 2.45) is 7.05 Å². The minimum Gasteiger partial charge on any atom is -0.508 e. The van der Waals surface area contributed by atoms with Crippen LogP contribution in [0.3, 0.4) is 0 Å². The van der Waals surface area contributed by atoms with Gasteiger partial charge in [0.1, 0.15) is 17.3 Å². The fourth-order valence-corrected chi connectivity index (χ4v) is 5.46. The number of carbonyl (C=O) groups is 2. The van der Waals surface area contributed by atoms with Gasteiger partial charge in [0.05, 0.1) is 35.9 Å². The summed E-state index contributed by atoms with van der Waals surface area (Å²) in [4.78, 5) is 39.3. The predicted octanol–water partition coefficient (Wildman–Crippen LogP) is 4.26.